The number of hydrogen-bond donors (Lipinski definition) is 1. The Kier molecular flexibility index (Phi) is 2.32. The molecule has 1 N–H and O–H groups in total. The van der Waals surface area contributed by atoms with Crippen LogP contribution in [0.1, 0.15) is 28.4 Å². The van der Waals surface area contributed by atoms with Crippen molar-refractivity contribution in [1.29, 1.82) is 0 Å². The van der Waals surface area contributed by atoms with Gasteiger partial charge in [-0.2, -0.15) is 0 Å². The number of aliphatic hydroxyl groups is 1. The van der Waals surface area contributed by atoms with Crippen LogP contribution in [0.5, 0.6) is 5.75 Å². The van der Waals surface area contributed by atoms with E-state index in [0.29, 0.717) is 6.61 Å². The van der Waals surface area contributed by atoms with Crippen molar-refractivity contribution in [3.8, 4) is 5.75 Å². The molecule has 76 valence electrons. The van der Waals surface area contributed by atoms with Crippen LogP contribution in [0.15, 0.2) is 4.47 Å². The van der Waals surface area contributed by atoms with Crippen molar-refractivity contribution in [2.24, 2.45) is 0 Å². The summed E-state index contributed by atoms with van der Waals surface area (Å²) in [5, 5.41) is 9.76. The standard InChI is InChI=1S/C11H13BrO2/c1-5-6(2)11-9(7(3)10(5)12)8(13)4-14-11/h8,13H,4H2,1-3H3. The second-order valence-electron chi connectivity index (χ2n) is 3.76. The average Bonchev–Trinajstić information content (AvgIpc) is 2.54. The molecule has 0 aromatic heterocycles. The third-order valence-corrected chi connectivity index (χ3v) is 4.12. The molecule has 1 aromatic rings. The highest BCUT2D eigenvalue weighted by molar-refractivity contribution is 9.10. The van der Waals surface area contributed by atoms with Crippen LogP contribution < -0.4 is 4.74 Å². The summed E-state index contributed by atoms with van der Waals surface area (Å²) >= 11 is 3.54. The third-order valence-electron chi connectivity index (χ3n) is 2.93. The highest BCUT2D eigenvalue weighted by Crippen LogP contribution is 2.42. The van der Waals surface area contributed by atoms with Crippen LogP contribution in [-0.2, 0) is 0 Å². The second kappa shape index (κ2) is 3.24. The van der Waals surface area contributed by atoms with E-state index in [1.54, 1.807) is 0 Å². The van der Waals surface area contributed by atoms with Crippen LogP contribution in [0, 0.1) is 20.8 Å². The Morgan fingerprint density at radius 2 is 1.86 bits per heavy atom. The maximum atomic E-state index is 9.76. The first-order valence-corrected chi connectivity index (χ1v) is 5.43. The molecule has 1 aliphatic heterocycles. The van der Waals surface area contributed by atoms with E-state index >= 15 is 0 Å². The minimum atomic E-state index is -0.472. The molecule has 0 bridgehead atoms. The van der Waals surface area contributed by atoms with Gasteiger partial charge in [0.2, 0.25) is 0 Å². The SMILES string of the molecule is Cc1c(C)c2c(c(C)c1Br)C(O)CO2. The predicted molar refractivity (Wildman–Crippen MR) is 58.8 cm³/mol. The molecule has 0 aliphatic carbocycles. The summed E-state index contributed by atoms with van der Waals surface area (Å²) < 4.78 is 6.57. The molecule has 0 saturated heterocycles. The molecule has 2 rings (SSSR count). The van der Waals surface area contributed by atoms with Crippen molar-refractivity contribution < 1.29 is 9.84 Å². The molecule has 1 aliphatic rings. The second-order valence-corrected chi connectivity index (χ2v) is 4.55. The van der Waals surface area contributed by atoms with Crippen molar-refractivity contribution in [1.82, 2.24) is 0 Å². The minimum Gasteiger partial charge on any atom is -0.490 e. The topological polar surface area (TPSA) is 29.5 Å². The Balaban J connectivity index is 2.77. The molecule has 1 heterocycles. The van der Waals surface area contributed by atoms with Gasteiger partial charge in [0.1, 0.15) is 18.5 Å². The number of aliphatic hydroxyl groups excluding tert-OH is 1. The number of fused-ring (bicyclic) bond motifs is 1. The first-order valence-electron chi connectivity index (χ1n) is 4.64. The largest absolute Gasteiger partial charge is 0.490 e. The lowest BCUT2D eigenvalue weighted by Crippen LogP contribution is -1.99. The van der Waals surface area contributed by atoms with E-state index in [-0.39, 0.29) is 0 Å². The van der Waals surface area contributed by atoms with E-state index in [4.69, 9.17) is 4.74 Å². The van der Waals surface area contributed by atoms with E-state index in [1.807, 2.05) is 13.8 Å². The Morgan fingerprint density at radius 1 is 1.21 bits per heavy atom. The van der Waals surface area contributed by atoms with Gasteiger partial charge in [-0.25, -0.2) is 0 Å². The van der Waals surface area contributed by atoms with Crippen LogP contribution in [0.25, 0.3) is 0 Å². The Morgan fingerprint density at radius 3 is 2.50 bits per heavy atom. The molecule has 14 heavy (non-hydrogen) atoms. The Labute approximate surface area is 92.0 Å². The van der Waals surface area contributed by atoms with Crippen molar-refractivity contribution in [2.45, 2.75) is 26.9 Å². The molecule has 0 radical (unpaired) electrons. The number of rotatable bonds is 0. The summed E-state index contributed by atoms with van der Waals surface area (Å²) in [6.07, 6.45) is -0.472. The van der Waals surface area contributed by atoms with E-state index in [9.17, 15) is 5.11 Å². The fourth-order valence-electron chi connectivity index (χ4n) is 1.94. The van der Waals surface area contributed by atoms with Crippen LogP contribution in [-0.4, -0.2) is 11.7 Å². The number of halogens is 1. The zero-order valence-electron chi connectivity index (χ0n) is 8.52. The molecule has 2 nitrogen and oxygen atoms in total. The van der Waals surface area contributed by atoms with Crippen LogP contribution in [0.3, 0.4) is 0 Å². The fourth-order valence-corrected chi connectivity index (χ4v) is 2.45. The Bertz CT molecular complexity index is 399. The highest BCUT2D eigenvalue weighted by atomic mass is 79.9. The normalized spacial score (nSPS) is 19.4. The van der Waals surface area contributed by atoms with Crippen LogP contribution >= 0.6 is 15.9 Å². The fraction of sp³-hybridized carbons (Fsp3) is 0.455. The molecule has 0 saturated carbocycles. The van der Waals surface area contributed by atoms with Crippen LogP contribution in [0.4, 0.5) is 0 Å². The first-order chi connectivity index (χ1) is 6.54. The van der Waals surface area contributed by atoms with Crippen LogP contribution in [0.2, 0.25) is 0 Å². The summed E-state index contributed by atoms with van der Waals surface area (Å²) in [5.41, 5.74) is 4.34. The quantitative estimate of drug-likeness (QED) is 0.774. The van der Waals surface area contributed by atoms with E-state index in [2.05, 4.69) is 22.9 Å². The lowest BCUT2D eigenvalue weighted by Gasteiger charge is -2.13. The molecule has 1 atom stereocenters. The van der Waals surface area contributed by atoms with Gasteiger partial charge in [0.25, 0.3) is 0 Å². The maximum absolute atomic E-state index is 9.76. The van der Waals surface area contributed by atoms with Gasteiger partial charge in [-0.05, 0) is 37.5 Å². The lowest BCUT2D eigenvalue weighted by atomic mass is 9.97. The van der Waals surface area contributed by atoms with Gasteiger partial charge < -0.3 is 9.84 Å². The third kappa shape index (κ3) is 1.19. The molecule has 0 amide bonds. The molecule has 1 aromatic carbocycles. The van der Waals surface area contributed by atoms with E-state index < -0.39 is 6.10 Å². The minimum absolute atomic E-state index is 0.382. The molecule has 0 fully saturated rings. The number of benzene rings is 1. The molecule has 3 heteroatoms. The maximum Gasteiger partial charge on any atom is 0.128 e. The van der Waals surface area contributed by atoms with E-state index in [0.717, 1.165) is 26.9 Å². The van der Waals surface area contributed by atoms with E-state index in [1.165, 1.54) is 5.56 Å². The van der Waals surface area contributed by atoms with Crippen molar-refractivity contribution >= 4 is 15.9 Å². The Hall–Kier alpha value is -0.540. The zero-order valence-corrected chi connectivity index (χ0v) is 10.1. The summed E-state index contributed by atoms with van der Waals surface area (Å²) in [7, 11) is 0. The zero-order chi connectivity index (χ0) is 10.5. The van der Waals surface area contributed by atoms with Gasteiger partial charge in [0.05, 0.1) is 0 Å². The summed E-state index contributed by atoms with van der Waals surface area (Å²) in [6.45, 7) is 6.47. The van der Waals surface area contributed by atoms with Gasteiger partial charge >= 0.3 is 0 Å². The van der Waals surface area contributed by atoms with Gasteiger partial charge in [0, 0.05) is 10.0 Å². The molecule has 0 spiro atoms. The molecular weight excluding hydrogens is 244 g/mol. The molecule has 1 unspecified atom stereocenters. The summed E-state index contributed by atoms with van der Waals surface area (Å²) in [4.78, 5) is 0. The predicted octanol–water partition coefficient (Wildman–Crippen LogP) is 2.80. The number of hydrogen-bond acceptors (Lipinski definition) is 2. The first kappa shape index (κ1) is 9.99. The van der Waals surface area contributed by atoms with Crippen molar-refractivity contribution in [2.75, 3.05) is 6.61 Å². The van der Waals surface area contributed by atoms with Gasteiger partial charge in [-0.15, -0.1) is 0 Å². The van der Waals surface area contributed by atoms with Crippen molar-refractivity contribution in [3.63, 3.8) is 0 Å². The highest BCUT2D eigenvalue weighted by Gasteiger charge is 2.28. The molecular formula is C11H13BrO2. The lowest BCUT2D eigenvalue weighted by molar-refractivity contribution is 0.140. The smallest absolute Gasteiger partial charge is 0.128 e. The summed E-state index contributed by atoms with van der Waals surface area (Å²) in [6, 6.07) is 0. The van der Waals surface area contributed by atoms with Crippen molar-refractivity contribution in [3.05, 3.63) is 26.7 Å². The average molecular weight is 257 g/mol. The van der Waals surface area contributed by atoms with Gasteiger partial charge in [0.15, 0.2) is 0 Å². The monoisotopic (exact) mass is 256 g/mol. The van der Waals surface area contributed by atoms with Gasteiger partial charge in [-0.1, -0.05) is 15.9 Å². The van der Waals surface area contributed by atoms with Gasteiger partial charge in [-0.3, -0.25) is 0 Å². The number of ether oxygens (including phenoxy) is 1. The summed E-state index contributed by atoms with van der Waals surface area (Å²) in [5.74, 6) is 0.871.